The highest BCUT2D eigenvalue weighted by Gasteiger charge is 2.27. The summed E-state index contributed by atoms with van der Waals surface area (Å²) in [4.78, 5) is 25.7. The van der Waals surface area contributed by atoms with Crippen molar-refractivity contribution in [2.45, 2.75) is 25.7 Å². The Morgan fingerprint density at radius 1 is 0.921 bits per heavy atom. The molecule has 0 atom stereocenters. The molecule has 0 spiro atoms. The number of hydrogen-bond donors (Lipinski definition) is 0. The van der Waals surface area contributed by atoms with Gasteiger partial charge in [0, 0.05) is 24.0 Å². The molecule has 0 aliphatic rings. The summed E-state index contributed by atoms with van der Waals surface area (Å²) >= 11 is 6.18. The lowest BCUT2D eigenvalue weighted by molar-refractivity contribution is 0.0528. The molecule has 38 heavy (non-hydrogen) atoms. The lowest BCUT2D eigenvalue weighted by Crippen LogP contribution is -2.31. The Bertz CT molecular complexity index is 1590. The fourth-order valence-electron chi connectivity index (χ4n) is 4.04. The number of ether oxygens (including phenoxy) is 2. The summed E-state index contributed by atoms with van der Waals surface area (Å²) in [7, 11) is -3.90. The third kappa shape index (κ3) is 5.31. The van der Waals surface area contributed by atoms with Gasteiger partial charge in [0.25, 0.3) is 0 Å². The molecule has 1 aromatic heterocycles. The zero-order valence-corrected chi connectivity index (χ0v) is 22.6. The van der Waals surface area contributed by atoms with E-state index >= 15 is 0 Å². The van der Waals surface area contributed by atoms with Crippen molar-refractivity contribution in [3.63, 3.8) is 0 Å². The highest BCUT2D eigenvalue weighted by molar-refractivity contribution is 7.89. The van der Waals surface area contributed by atoms with Gasteiger partial charge in [-0.05, 0) is 43.3 Å². The van der Waals surface area contributed by atoms with Crippen LogP contribution in [0.3, 0.4) is 0 Å². The Morgan fingerprint density at radius 2 is 1.63 bits per heavy atom. The van der Waals surface area contributed by atoms with Gasteiger partial charge in [-0.2, -0.15) is 4.31 Å². The molecule has 0 amide bonds. The summed E-state index contributed by atoms with van der Waals surface area (Å²) in [6, 6.07) is 17.7. The van der Waals surface area contributed by atoms with Gasteiger partial charge in [0.2, 0.25) is 10.0 Å². The summed E-state index contributed by atoms with van der Waals surface area (Å²) in [5, 5.41) is 0.411. The number of fused-ring (bicyclic) bond motifs is 1. The Hall–Kier alpha value is -3.66. The van der Waals surface area contributed by atoms with E-state index in [4.69, 9.17) is 25.5 Å². The van der Waals surface area contributed by atoms with Gasteiger partial charge in [-0.3, -0.25) is 0 Å². The normalized spacial score (nSPS) is 11.6. The minimum Gasteiger partial charge on any atom is -0.462 e. The van der Waals surface area contributed by atoms with Crippen LogP contribution in [-0.4, -0.2) is 44.4 Å². The Labute approximate surface area is 225 Å². The van der Waals surface area contributed by atoms with Crippen molar-refractivity contribution >= 4 is 44.5 Å². The van der Waals surface area contributed by atoms with Gasteiger partial charge in [0.1, 0.15) is 27.6 Å². The lowest BCUT2D eigenvalue weighted by atomic mass is 10.1. The summed E-state index contributed by atoms with van der Waals surface area (Å²) in [6.07, 6.45) is 0. The molecule has 0 unspecified atom stereocenters. The van der Waals surface area contributed by atoms with Gasteiger partial charge in [0.05, 0.1) is 17.2 Å². The topological polar surface area (TPSA) is 103 Å². The van der Waals surface area contributed by atoms with E-state index in [1.165, 1.54) is 34.6 Å². The maximum atomic E-state index is 13.0. The predicted octanol–water partition coefficient (Wildman–Crippen LogP) is 6.18. The van der Waals surface area contributed by atoms with Crippen LogP contribution in [-0.2, 0) is 14.8 Å². The second-order valence-electron chi connectivity index (χ2n) is 8.17. The number of hydrogen-bond acceptors (Lipinski definition) is 7. The van der Waals surface area contributed by atoms with Crippen LogP contribution in [0.2, 0.25) is 5.02 Å². The van der Waals surface area contributed by atoms with Gasteiger partial charge in [-0.1, -0.05) is 55.8 Å². The van der Waals surface area contributed by atoms with E-state index in [0.717, 1.165) is 0 Å². The Morgan fingerprint density at radius 3 is 2.29 bits per heavy atom. The molecule has 10 heteroatoms. The van der Waals surface area contributed by atoms with E-state index < -0.39 is 22.0 Å². The molecular weight excluding hydrogens is 530 g/mol. The first kappa shape index (κ1) is 27.4. The molecular formula is C28H26ClNO7S. The van der Waals surface area contributed by atoms with Crippen molar-refractivity contribution in [3.05, 3.63) is 82.9 Å². The van der Waals surface area contributed by atoms with Gasteiger partial charge in [-0.15, -0.1) is 0 Å². The molecule has 0 N–H and O–H groups in total. The maximum absolute atomic E-state index is 13.0. The average Bonchev–Trinajstić information content (AvgIpc) is 3.29. The number of carbonyl (C=O) groups excluding carboxylic acids is 2. The van der Waals surface area contributed by atoms with E-state index in [9.17, 15) is 18.0 Å². The SMILES string of the molecule is CCOC(=O)c1c(-c2ccccc2)oc2ccc(OC(=O)c3ccc(Cl)c(S(=O)(=O)N(CC)CC)c3)cc12. The van der Waals surface area contributed by atoms with Gasteiger partial charge in [0.15, 0.2) is 0 Å². The first-order valence-electron chi connectivity index (χ1n) is 12.0. The highest BCUT2D eigenvalue weighted by atomic mass is 35.5. The minimum absolute atomic E-state index is 0.000728. The van der Waals surface area contributed by atoms with Crippen LogP contribution in [0.15, 0.2) is 76.0 Å². The van der Waals surface area contributed by atoms with Crippen LogP contribution in [0.4, 0.5) is 0 Å². The first-order valence-corrected chi connectivity index (χ1v) is 13.8. The molecule has 8 nitrogen and oxygen atoms in total. The summed E-state index contributed by atoms with van der Waals surface area (Å²) in [5.41, 5.74) is 1.31. The molecule has 1 heterocycles. The van der Waals surface area contributed by atoms with Crippen molar-refractivity contribution in [2.75, 3.05) is 19.7 Å². The molecule has 3 aromatic carbocycles. The molecule has 0 saturated carbocycles. The molecule has 198 valence electrons. The fourth-order valence-corrected chi connectivity index (χ4v) is 5.99. The molecule has 4 rings (SSSR count). The van der Waals surface area contributed by atoms with Crippen LogP contribution < -0.4 is 4.74 Å². The molecule has 0 aliphatic carbocycles. The summed E-state index contributed by atoms with van der Waals surface area (Å²) in [5.74, 6) is -0.887. The number of nitrogens with zero attached hydrogens (tertiary/aromatic N) is 1. The maximum Gasteiger partial charge on any atom is 0.343 e. The van der Waals surface area contributed by atoms with Gasteiger partial charge in [-0.25, -0.2) is 18.0 Å². The largest absolute Gasteiger partial charge is 0.462 e. The molecule has 4 aromatic rings. The number of carbonyl (C=O) groups is 2. The second kappa shape index (κ2) is 11.4. The minimum atomic E-state index is -3.90. The van der Waals surface area contributed by atoms with E-state index in [-0.39, 0.29) is 46.5 Å². The average molecular weight is 556 g/mol. The van der Waals surface area contributed by atoms with E-state index in [2.05, 4.69) is 0 Å². The van der Waals surface area contributed by atoms with Crippen LogP contribution in [0.25, 0.3) is 22.3 Å². The number of benzene rings is 3. The predicted molar refractivity (Wildman–Crippen MR) is 144 cm³/mol. The number of rotatable bonds is 9. The van der Waals surface area contributed by atoms with Crippen LogP contribution in [0.1, 0.15) is 41.5 Å². The van der Waals surface area contributed by atoms with Gasteiger partial charge >= 0.3 is 11.9 Å². The standard InChI is InChI=1S/C28H26ClNO7S/c1-4-30(5-2)38(33,34)24-16-19(12-14-22(24)29)27(31)36-20-13-15-23-21(17-20)25(28(32)35-6-3)26(37-23)18-10-8-7-9-11-18/h7-17H,4-6H2,1-3H3. The number of esters is 2. The molecule has 0 fully saturated rings. The monoisotopic (exact) mass is 555 g/mol. The number of furan rings is 1. The summed E-state index contributed by atoms with van der Waals surface area (Å²) in [6.45, 7) is 5.81. The Balaban J connectivity index is 1.72. The van der Waals surface area contributed by atoms with Crippen molar-refractivity contribution in [1.29, 1.82) is 0 Å². The van der Waals surface area contributed by atoms with Crippen LogP contribution >= 0.6 is 11.6 Å². The van der Waals surface area contributed by atoms with Crippen molar-refractivity contribution < 1.29 is 31.9 Å². The fraction of sp³-hybridized carbons (Fsp3) is 0.214. The van der Waals surface area contributed by atoms with Crippen molar-refractivity contribution in [3.8, 4) is 17.1 Å². The molecule has 0 radical (unpaired) electrons. The molecule has 0 aliphatic heterocycles. The van der Waals surface area contributed by atoms with E-state index in [1.54, 1.807) is 26.8 Å². The zero-order chi connectivity index (χ0) is 27.4. The number of sulfonamides is 1. The van der Waals surface area contributed by atoms with Crippen LogP contribution in [0.5, 0.6) is 5.75 Å². The smallest absolute Gasteiger partial charge is 0.343 e. The number of halogens is 1. The lowest BCUT2D eigenvalue weighted by Gasteiger charge is -2.19. The summed E-state index contributed by atoms with van der Waals surface area (Å²) < 4.78 is 44.1. The molecule has 0 saturated heterocycles. The van der Waals surface area contributed by atoms with Gasteiger partial charge < -0.3 is 13.9 Å². The van der Waals surface area contributed by atoms with E-state index in [0.29, 0.717) is 22.3 Å². The third-order valence-electron chi connectivity index (χ3n) is 5.88. The second-order valence-corrected chi connectivity index (χ2v) is 10.5. The highest BCUT2D eigenvalue weighted by Crippen LogP contribution is 2.36. The van der Waals surface area contributed by atoms with E-state index in [1.807, 2.05) is 30.3 Å². The molecule has 0 bridgehead atoms. The quantitative estimate of drug-likeness (QED) is 0.179. The van der Waals surface area contributed by atoms with Crippen LogP contribution in [0, 0.1) is 0 Å². The first-order chi connectivity index (χ1) is 18.2. The third-order valence-corrected chi connectivity index (χ3v) is 8.41. The Kier molecular flexibility index (Phi) is 8.20. The van der Waals surface area contributed by atoms with Crippen molar-refractivity contribution in [1.82, 2.24) is 4.31 Å². The zero-order valence-electron chi connectivity index (χ0n) is 21.1. The van der Waals surface area contributed by atoms with Crippen molar-refractivity contribution in [2.24, 2.45) is 0 Å².